The molecule has 0 bridgehead atoms. The van der Waals surface area contributed by atoms with Gasteiger partial charge in [-0.1, -0.05) is 38.1 Å². The maximum Gasteiger partial charge on any atom is 0.258 e. The summed E-state index contributed by atoms with van der Waals surface area (Å²) in [5.41, 5.74) is 8.84. The lowest BCUT2D eigenvalue weighted by Crippen LogP contribution is -2.44. The van der Waals surface area contributed by atoms with E-state index in [0.29, 0.717) is 17.0 Å². The fourth-order valence-corrected chi connectivity index (χ4v) is 2.79. The number of ether oxygens (including phenoxy) is 1. The van der Waals surface area contributed by atoms with Gasteiger partial charge in [0, 0.05) is 5.69 Å². The van der Waals surface area contributed by atoms with E-state index in [-0.39, 0.29) is 12.5 Å². The number of benzene rings is 2. The van der Waals surface area contributed by atoms with Crippen LogP contribution in [0.25, 0.3) is 0 Å². The Labute approximate surface area is 160 Å². The average Bonchev–Trinajstić information content (AvgIpc) is 2.64. The highest BCUT2D eigenvalue weighted by Crippen LogP contribution is 2.27. The van der Waals surface area contributed by atoms with Gasteiger partial charge in [0.15, 0.2) is 6.61 Å². The summed E-state index contributed by atoms with van der Waals surface area (Å²) in [6.45, 7) is 5.47. The first-order valence-electron chi connectivity index (χ1n) is 8.99. The van der Waals surface area contributed by atoms with Crippen LogP contribution in [0.3, 0.4) is 0 Å². The fourth-order valence-electron chi connectivity index (χ4n) is 2.79. The van der Waals surface area contributed by atoms with E-state index in [0.717, 1.165) is 11.1 Å². The number of carbonyl (C=O) groups excluding carboxylic acids is 1. The number of aliphatic hydroxyl groups is 2. The number of carbonyl (C=O) groups is 1. The Morgan fingerprint density at radius 2 is 1.85 bits per heavy atom. The molecule has 0 saturated carbocycles. The van der Waals surface area contributed by atoms with Crippen molar-refractivity contribution in [1.82, 2.24) is 5.32 Å². The largest absolute Gasteiger partial charge is 0.483 e. The van der Waals surface area contributed by atoms with Crippen molar-refractivity contribution in [2.45, 2.75) is 38.8 Å². The van der Waals surface area contributed by atoms with E-state index in [2.05, 4.69) is 19.2 Å². The van der Waals surface area contributed by atoms with Crippen molar-refractivity contribution in [2.75, 3.05) is 18.9 Å². The molecule has 6 heteroatoms. The molecule has 2 aromatic carbocycles. The molecule has 2 aromatic rings. The number of nitrogens with one attached hydrogen (secondary N) is 1. The van der Waals surface area contributed by atoms with Gasteiger partial charge in [-0.15, -0.1) is 0 Å². The molecule has 146 valence electrons. The van der Waals surface area contributed by atoms with E-state index in [1.54, 1.807) is 24.3 Å². The number of nitrogens with two attached hydrogens (primary N) is 1. The van der Waals surface area contributed by atoms with Crippen molar-refractivity contribution in [2.24, 2.45) is 0 Å². The summed E-state index contributed by atoms with van der Waals surface area (Å²) in [6, 6.07) is 11.7. The summed E-state index contributed by atoms with van der Waals surface area (Å²) in [5, 5.41) is 22.6. The molecule has 0 aliphatic carbocycles. The lowest BCUT2D eigenvalue weighted by atomic mass is 10.0. The zero-order chi connectivity index (χ0) is 20.0. The summed E-state index contributed by atoms with van der Waals surface area (Å²) in [6.07, 6.45) is -1.05. The Balaban J connectivity index is 1.99. The van der Waals surface area contributed by atoms with Crippen LogP contribution >= 0.6 is 0 Å². The summed E-state index contributed by atoms with van der Waals surface area (Å²) in [4.78, 5) is 12.3. The highest BCUT2D eigenvalue weighted by Gasteiger charge is 2.22. The molecule has 2 rings (SSSR count). The summed E-state index contributed by atoms with van der Waals surface area (Å²) >= 11 is 0. The van der Waals surface area contributed by atoms with Crippen molar-refractivity contribution >= 4 is 11.6 Å². The van der Waals surface area contributed by atoms with Crippen molar-refractivity contribution in [3.63, 3.8) is 0 Å². The molecule has 0 aromatic heterocycles. The van der Waals surface area contributed by atoms with E-state index >= 15 is 0 Å². The maximum absolute atomic E-state index is 12.3. The number of anilines is 1. The third-order valence-corrected chi connectivity index (χ3v) is 4.35. The van der Waals surface area contributed by atoms with Gasteiger partial charge in [0.2, 0.25) is 0 Å². The van der Waals surface area contributed by atoms with Crippen LogP contribution in [0, 0.1) is 6.92 Å². The smallest absolute Gasteiger partial charge is 0.258 e. The minimum absolute atomic E-state index is 0.200. The number of rotatable bonds is 8. The second kappa shape index (κ2) is 9.39. The Kier molecular flexibility index (Phi) is 7.21. The third-order valence-electron chi connectivity index (χ3n) is 4.35. The van der Waals surface area contributed by atoms with Gasteiger partial charge >= 0.3 is 0 Å². The number of aliphatic hydroxyl groups excluding tert-OH is 2. The zero-order valence-electron chi connectivity index (χ0n) is 16.0. The van der Waals surface area contributed by atoms with E-state index in [4.69, 9.17) is 10.5 Å². The lowest BCUT2D eigenvalue weighted by Gasteiger charge is -2.23. The van der Waals surface area contributed by atoms with E-state index in [1.807, 2.05) is 25.1 Å². The molecule has 5 N–H and O–H groups in total. The van der Waals surface area contributed by atoms with Crippen LogP contribution in [0.4, 0.5) is 5.69 Å². The molecular weight excluding hydrogens is 344 g/mol. The highest BCUT2D eigenvalue weighted by atomic mass is 16.5. The minimum atomic E-state index is -1.05. The molecule has 6 nitrogen and oxygen atoms in total. The van der Waals surface area contributed by atoms with Crippen LogP contribution in [0.15, 0.2) is 42.5 Å². The van der Waals surface area contributed by atoms with E-state index < -0.39 is 24.7 Å². The van der Waals surface area contributed by atoms with Crippen LogP contribution in [0.2, 0.25) is 0 Å². The van der Waals surface area contributed by atoms with Crippen LogP contribution in [0.5, 0.6) is 5.75 Å². The molecule has 1 amide bonds. The normalized spacial score (nSPS) is 13.3. The molecule has 0 saturated heterocycles. The van der Waals surface area contributed by atoms with Gasteiger partial charge in [0.1, 0.15) is 11.9 Å². The molecule has 2 atom stereocenters. The minimum Gasteiger partial charge on any atom is -0.483 e. The van der Waals surface area contributed by atoms with E-state index in [1.165, 1.54) is 0 Å². The van der Waals surface area contributed by atoms with Gasteiger partial charge in [0.05, 0.1) is 12.6 Å². The molecule has 0 radical (unpaired) electrons. The van der Waals surface area contributed by atoms with Gasteiger partial charge in [0.25, 0.3) is 5.91 Å². The quantitative estimate of drug-likeness (QED) is 0.532. The lowest BCUT2D eigenvalue weighted by molar-refractivity contribution is -0.125. The van der Waals surface area contributed by atoms with Gasteiger partial charge in [-0.2, -0.15) is 0 Å². The average molecular weight is 372 g/mol. The van der Waals surface area contributed by atoms with Crippen LogP contribution in [0.1, 0.15) is 42.6 Å². The molecule has 27 heavy (non-hydrogen) atoms. The molecular formula is C21H28N2O4. The highest BCUT2D eigenvalue weighted by molar-refractivity contribution is 5.78. The Hall–Kier alpha value is -2.57. The predicted octanol–water partition coefficient (Wildman–Crippen LogP) is 2.29. The molecule has 2 unspecified atom stereocenters. The maximum atomic E-state index is 12.3. The van der Waals surface area contributed by atoms with Crippen LogP contribution < -0.4 is 15.8 Å². The Morgan fingerprint density at radius 3 is 2.44 bits per heavy atom. The first-order valence-corrected chi connectivity index (χ1v) is 8.99. The topological polar surface area (TPSA) is 105 Å². The molecule has 0 fully saturated rings. The van der Waals surface area contributed by atoms with Crippen LogP contribution in [-0.2, 0) is 4.79 Å². The second-order valence-corrected chi connectivity index (χ2v) is 6.95. The first kappa shape index (κ1) is 20.7. The van der Waals surface area contributed by atoms with E-state index in [9.17, 15) is 15.0 Å². The van der Waals surface area contributed by atoms with Gasteiger partial charge in [-0.05, 0) is 47.7 Å². The zero-order valence-corrected chi connectivity index (χ0v) is 16.0. The summed E-state index contributed by atoms with van der Waals surface area (Å²) < 4.78 is 5.70. The van der Waals surface area contributed by atoms with Gasteiger partial charge in [-0.3, -0.25) is 4.79 Å². The van der Waals surface area contributed by atoms with Gasteiger partial charge < -0.3 is 26.0 Å². The van der Waals surface area contributed by atoms with Crippen molar-refractivity contribution in [3.05, 3.63) is 59.2 Å². The SMILES string of the molecule is Cc1ccc(C(C)C)c(OCC(=O)NC(CO)C(O)c2ccc(N)cc2)c1. The van der Waals surface area contributed by atoms with Crippen molar-refractivity contribution < 1.29 is 19.7 Å². The third kappa shape index (κ3) is 5.70. The number of amides is 1. The molecule has 0 aliphatic heterocycles. The molecule has 0 aliphatic rings. The van der Waals surface area contributed by atoms with Crippen LogP contribution in [-0.4, -0.2) is 35.4 Å². The Morgan fingerprint density at radius 1 is 1.19 bits per heavy atom. The Bertz CT molecular complexity index is 759. The molecule has 0 heterocycles. The first-order chi connectivity index (χ1) is 12.8. The second-order valence-electron chi connectivity index (χ2n) is 6.95. The predicted molar refractivity (Wildman–Crippen MR) is 106 cm³/mol. The number of hydrogen-bond acceptors (Lipinski definition) is 5. The standard InChI is InChI=1S/C21H28N2O4/c1-13(2)17-9-4-14(3)10-19(17)27-12-20(25)23-18(11-24)21(26)15-5-7-16(22)8-6-15/h4-10,13,18,21,24,26H,11-12,22H2,1-3H3,(H,23,25). The number of hydrogen-bond donors (Lipinski definition) is 4. The fraction of sp³-hybridized carbons (Fsp3) is 0.381. The van der Waals surface area contributed by atoms with Crippen molar-refractivity contribution in [3.8, 4) is 5.75 Å². The summed E-state index contributed by atoms with van der Waals surface area (Å²) in [7, 11) is 0. The number of nitrogen functional groups attached to an aromatic ring is 1. The summed E-state index contributed by atoms with van der Waals surface area (Å²) in [5.74, 6) is 0.515. The molecule has 0 spiro atoms. The number of aryl methyl sites for hydroxylation is 1. The monoisotopic (exact) mass is 372 g/mol. The van der Waals surface area contributed by atoms with Crippen molar-refractivity contribution in [1.29, 1.82) is 0 Å². The van der Waals surface area contributed by atoms with Gasteiger partial charge in [-0.25, -0.2) is 0 Å².